The number of hydrogen-bond acceptors (Lipinski definition) is 3. The second-order valence-corrected chi connectivity index (χ2v) is 5.26. The topological polar surface area (TPSA) is 73.1 Å². The number of amides is 1. The maximum atomic E-state index is 12.2. The van der Waals surface area contributed by atoms with E-state index in [1.165, 1.54) is 0 Å². The molecule has 1 fully saturated rings. The molecular formula is C13H22N2O2. The van der Waals surface area contributed by atoms with Gasteiger partial charge in [0.05, 0.1) is 18.7 Å². The molecule has 0 saturated heterocycles. The zero-order chi connectivity index (χ0) is 12.9. The lowest BCUT2D eigenvalue weighted by Crippen LogP contribution is -2.49. The summed E-state index contributed by atoms with van der Waals surface area (Å²) in [5.74, 6) is -0.0317. The van der Waals surface area contributed by atoms with Crippen LogP contribution in [0.3, 0.4) is 0 Å². The van der Waals surface area contributed by atoms with E-state index in [1.54, 1.807) is 0 Å². The van der Waals surface area contributed by atoms with Crippen LogP contribution in [0.1, 0.15) is 46.0 Å². The van der Waals surface area contributed by atoms with Crippen LogP contribution in [0.2, 0.25) is 0 Å². The first kappa shape index (κ1) is 14.0. The molecule has 0 aromatic rings. The Labute approximate surface area is 103 Å². The summed E-state index contributed by atoms with van der Waals surface area (Å²) in [6.45, 7) is 3.81. The Kier molecular flexibility index (Phi) is 4.95. The van der Waals surface area contributed by atoms with E-state index in [1.807, 2.05) is 13.8 Å². The van der Waals surface area contributed by atoms with E-state index in [0.717, 1.165) is 19.3 Å². The lowest BCUT2D eigenvalue weighted by molar-refractivity contribution is -0.131. The summed E-state index contributed by atoms with van der Waals surface area (Å²) in [7, 11) is 0. The van der Waals surface area contributed by atoms with Gasteiger partial charge < -0.3 is 10.4 Å². The molecule has 0 heterocycles. The standard InChI is InChI=1S/C13H22N2O2/c1-10(2)11(8-16)15-12(17)13(9-14)6-4-3-5-7-13/h10-11,16H,3-8H2,1-2H3,(H,15,17)/t11-/m1/s1. The molecule has 0 radical (unpaired) electrons. The Hall–Kier alpha value is -1.08. The van der Waals surface area contributed by atoms with Crippen molar-refractivity contribution in [3.8, 4) is 6.07 Å². The first-order valence-electron chi connectivity index (χ1n) is 6.39. The molecule has 0 unspecified atom stereocenters. The van der Waals surface area contributed by atoms with Crippen LogP contribution in [0.15, 0.2) is 0 Å². The highest BCUT2D eigenvalue weighted by atomic mass is 16.3. The Morgan fingerprint density at radius 2 is 2.00 bits per heavy atom. The highest BCUT2D eigenvalue weighted by Gasteiger charge is 2.40. The SMILES string of the molecule is CC(C)[C@@H](CO)NC(=O)C1(C#N)CCCCC1. The summed E-state index contributed by atoms with van der Waals surface area (Å²) in [5, 5.41) is 21.3. The normalized spacial score (nSPS) is 20.6. The van der Waals surface area contributed by atoms with Gasteiger partial charge in [-0.1, -0.05) is 33.1 Å². The molecule has 2 N–H and O–H groups in total. The van der Waals surface area contributed by atoms with Crippen LogP contribution in [-0.2, 0) is 4.79 Å². The first-order valence-corrected chi connectivity index (χ1v) is 6.39. The minimum Gasteiger partial charge on any atom is -0.394 e. The van der Waals surface area contributed by atoms with E-state index in [-0.39, 0.29) is 24.5 Å². The minimum absolute atomic E-state index is 0.0785. The average Bonchev–Trinajstić information content (AvgIpc) is 2.35. The Morgan fingerprint density at radius 3 is 2.41 bits per heavy atom. The number of aliphatic hydroxyl groups is 1. The van der Waals surface area contributed by atoms with Crippen LogP contribution in [0.4, 0.5) is 0 Å². The van der Waals surface area contributed by atoms with Crippen LogP contribution in [-0.4, -0.2) is 23.7 Å². The van der Waals surface area contributed by atoms with E-state index < -0.39 is 5.41 Å². The smallest absolute Gasteiger partial charge is 0.240 e. The van der Waals surface area contributed by atoms with E-state index in [2.05, 4.69) is 11.4 Å². The van der Waals surface area contributed by atoms with Gasteiger partial charge in [-0.05, 0) is 18.8 Å². The Morgan fingerprint density at radius 1 is 1.41 bits per heavy atom. The number of nitriles is 1. The van der Waals surface area contributed by atoms with Crippen LogP contribution in [0.25, 0.3) is 0 Å². The van der Waals surface area contributed by atoms with Crippen molar-refractivity contribution < 1.29 is 9.90 Å². The fraction of sp³-hybridized carbons (Fsp3) is 0.846. The predicted octanol–water partition coefficient (Wildman–Crippen LogP) is 1.59. The van der Waals surface area contributed by atoms with Gasteiger partial charge in [0, 0.05) is 0 Å². The molecule has 0 aromatic carbocycles. The average molecular weight is 238 g/mol. The van der Waals surface area contributed by atoms with Crippen molar-refractivity contribution in [1.82, 2.24) is 5.32 Å². The molecule has 17 heavy (non-hydrogen) atoms. The fourth-order valence-corrected chi connectivity index (χ4v) is 2.27. The van der Waals surface area contributed by atoms with E-state index >= 15 is 0 Å². The number of nitrogens with zero attached hydrogens (tertiary/aromatic N) is 1. The lowest BCUT2D eigenvalue weighted by Gasteiger charge is -2.31. The fourth-order valence-electron chi connectivity index (χ4n) is 2.27. The second-order valence-electron chi connectivity index (χ2n) is 5.26. The van der Waals surface area contributed by atoms with Gasteiger partial charge in [-0.3, -0.25) is 4.79 Å². The molecule has 0 aliphatic heterocycles. The molecule has 1 atom stereocenters. The third-order valence-electron chi connectivity index (χ3n) is 3.67. The molecule has 1 amide bonds. The van der Waals surface area contributed by atoms with Crippen LogP contribution < -0.4 is 5.32 Å². The molecule has 1 rings (SSSR count). The zero-order valence-electron chi connectivity index (χ0n) is 10.7. The van der Waals surface area contributed by atoms with Gasteiger partial charge in [0.2, 0.25) is 5.91 Å². The minimum atomic E-state index is -0.861. The van der Waals surface area contributed by atoms with Crippen LogP contribution >= 0.6 is 0 Å². The Bertz CT molecular complexity index is 301. The molecule has 0 aromatic heterocycles. The number of carbonyl (C=O) groups excluding carboxylic acids is 1. The van der Waals surface area contributed by atoms with Crippen LogP contribution in [0.5, 0.6) is 0 Å². The molecule has 4 nitrogen and oxygen atoms in total. The molecule has 0 spiro atoms. The number of hydrogen-bond donors (Lipinski definition) is 2. The van der Waals surface area contributed by atoms with Crippen molar-refractivity contribution in [3.63, 3.8) is 0 Å². The number of aliphatic hydroxyl groups excluding tert-OH is 1. The van der Waals surface area contributed by atoms with E-state index in [4.69, 9.17) is 0 Å². The second kappa shape index (κ2) is 6.02. The van der Waals surface area contributed by atoms with E-state index in [0.29, 0.717) is 12.8 Å². The van der Waals surface area contributed by atoms with Crippen molar-refractivity contribution in [3.05, 3.63) is 0 Å². The zero-order valence-corrected chi connectivity index (χ0v) is 10.7. The van der Waals surface area contributed by atoms with Gasteiger partial charge in [-0.2, -0.15) is 5.26 Å². The van der Waals surface area contributed by atoms with Crippen molar-refractivity contribution in [2.75, 3.05) is 6.61 Å². The van der Waals surface area contributed by atoms with E-state index in [9.17, 15) is 15.2 Å². The Balaban J connectivity index is 2.70. The summed E-state index contributed by atoms with van der Waals surface area (Å²) < 4.78 is 0. The highest BCUT2D eigenvalue weighted by molar-refractivity contribution is 5.85. The first-order chi connectivity index (χ1) is 8.05. The predicted molar refractivity (Wildman–Crippen MR) is 65.0 cm³/mol. The summed E-state index contributed by atoms with van der Waals surface area (Å²) in [4.78, 5) is 12.2. The quantitative estimate of drug-likeness (QED) is 0.781. The highest BCUT2D eigenvalue weighted by Crippen LogP contribution is 2.36. The third-order valence-corrected chi connectivity index (χ3v) is 3.67. The maximum Gasteiger partial charge on any atom is 0.240 e. The van der Waals surface area contributed by atoms with Crippen molar-refractivity contribution in [2.45, 2.75) is 52.0 Å². The van der Waals surface area contributed by atoms with Crippen molar-refractivity contribution in [1.29, 1.82) is 5.26 Å². The van der Waals surface area contributed by atoms with Gasteiger partial charge in [0.15, 0.2) is 0 Å². The maximum absolute atomic E-state index is 12.2. The molecular weight excluding hydrogens is 216 g/mol. The summed E-state index contributed by atoms with van der Waals surface area (Å²) in [6, 6.07) is 1.94. The van der Waals surface area contributed by atoms with Crippen molar-refractivity contribution >= 4 is 5.91 Å². The van der Waals surface area contributed by atoms with Crippen LogP contribution in [0, 0.1) is 22.7 Å². The van der Waals surface area contributed by atoms with Crippen molar-refractivity contribution in [2.24, 2.45) is 11.3 Å². The third kappa shape index (κ3) is 3.19. The molecule has 4 heteroatoms. The molecule has 1 aliphatic rings. The van der Waals surface area contributed by atoms with Gasteiger partial charge in [-0.25, -0.2) is 0 Å². The molecule has 1 saturated carbocycles. The largest absolute Gasteiger partial charge is 0.394 e. The lowest BCUT2D eigenvalue weighted by atomic mass is 9.74. The molecule has 0 bridgehead atoms. The monoisotopic (exact) mass is 238 g/mol. The number of rotatable bonds is 4. The van der Waals surface area contributed by atoms with Gasteiger partial charge in [-0.15, -0.1) is 0 Å². The van der Waals surface area contributed by atoms with Gasteiger partial charge in [0.1, 0.15) is 5.41 Å². The van der Waals surface area contributed by atoms with Gasteiger partial charge in [0.25, 0.3) is 0 Å². The molecule has 1 aliphatic carbocycles. The van der Waals surface area contributed by atoms with Gasteiger partial charge >= 0.3 is 0 Å². The summed E-state index contributed by atoms with van der Waals surface area (Å²) in [6.07, 6.45) is 4.26. The summed E-state index contributed by atoms with van der Waals surface area (Å²) >= 11 is 0. The molecule has 96 valence electrons. The number of nitrogens with one attached hydrogen (secondary N) is 1. The number of carbonyl (C=O) groups is 1. The summed E-state index contributed by atoms with van der Waals surface area (Å²) in [5.41, 5.74) is -0.861.